The zero-order chi connectivity index (χ0) is 18.1. The lowest BCUT2D eigenvalue weighted by molar-refractivity contribution is 0.416. The van der Waals surface area contributed by atoms with E-state index >= 15 is 0 Å². The van der Waals surface area contributed by atoms with Gasteiger partial charge in [0.25, 0.3) is 0 Å². The predicted molar refractivity (Wildman–Crippen MR) is 105 cm³/mol. The fourth-order valence-electron chi connectivity index (χ4n) is 3.20. The van der Waals surface area contributed by atoms with Crippen LogP contribution in [0, 0.1) is 13.8 Å². The van der Waals surface area contributed by atoms with Crippen LogP contribution >= 0.6 is 11.3 Å². The number of hydrogen-bond acceptors (Lipinski definition) is 4. The van der Waals surface area contributed by atoms with Crippen molar-refractivity contribution in [3.8, 4) is 27.6 Å². The fourth-order valence-corrected chi connectivity index (χ4v) is 4.05. The maximum absolute atomic E-state index is 5.50. The highest BCUT2D eigenvalue weighted by Gasteiger charge is 2.16. The number of nitrogens with zero attached hydrogens (tertiary/aromatic N) is 2. The van der Waals surface area contributed by atoms with Crippen molar-refractivity contribution >= 4 is 11.3 Å². The fraction of sp³-hybridized carbons (Fsp3) is 0.190. The van der Waals surface area contributed by atoms with Gasteiger partial charge in [0.2, 0.25) is 0 Å². The van der Waals surface area contributed by atoms with E-state index in [1.165, 1.54) is 11.4 Å². The van der Waals surface area contributed by atoms with Crippen molar-refractivity contribution in [3.05, 3.63) is 71.3 Å². The first-order valence-corrected chi connectivity index (χ1v) is 9.33. The van der Waals surface area contributed by atoms with E-state index in [1.807, 2.05) is 36.4 Å². The van der Waals surface area contributed by atoms with E-state index in [0.717, 1.165) is 39.9 Å². The summed E-state index contributed by atoms with van der Waals surface area (Å²) in [6.07, 6.45) is 1.71. The highest BCUT2D eigenvalue weighted by molar-refractivity contribution is 7.13. The van der Waals surface area contributed by atoms with Crippen molar-refractivity contribution in [2.45, 2.75) is 20.4 Å². The van der Waals surface area contributed by atoms with E-state index < -0.39 is 0 Å². The minimum atomic E-state index is 0.730. The summed E-state index contributed by atoms with van der Waals surface area (Å²) in [7, 11) is 1.69. The van der Waals surface area contributed by atoms with Gasteiger partial charge >= 0.3 is 0 Å². The van der Waals surface area contributed by atoms with Crippen LogP contribution in [-0.4, -0.2) is 16.7 Å². The van der Waals surface area contributed by atoms with Crippen LogP contribution in [0.3, 0.4) is 0 Å². The molecule has 3 heterocycles. The van der Waals surface area contributed by atoms with Gasteiger partial charge in [-0.2, -0.15) is 0 Å². The summed E-state index contributed by atoms with van der Waals surface area (Å²) in [5.41, 5.74) is 5.56. The number of hydrogen-bond donors (Lipinski definition) is 0. The lowest BCUT2D eigenvalue weighted by Gasteiger charge is -2.07. The van der Waals surface area contributed by atoms with Crippen LogP contribution in [0.2, 0.25) is 0 Å². The molecular weight excluding hydrogens is 344 g/mol. The quantitative estimate of drug-likeness (QED) is 0.466. The second kappa shape index (κ2) is 6.84. The second-order valence-electron chi connectivity index (χ2n) is 6.19. The minimum Gasteiger partial charge on any atom is -0.496 e. The molecule has 0 saturated carbocycles. The van der Waals surface area contributed by atoms with Crippen molar-refractivity contribution in [2.24, 2.45) is 0 Å². The molecule has 0 N–H and O–H groups in total. The monoisotopic (exact) mass is 364 g/mol. The molecule has 132 valence electrons. The van der Waals surface area contributed by atoms with Gasteiger partial charge in [-0.15, -0.1) is 11.3 Å². The summed E-state index contributed by atoms with van der Waals surface area (Å²) in [6.45, 7) is 4.98. The molecule has 0 saturated heterocycles. The van der Waals surface area contributed by atoms with Gasteiger partial charge in [-0.25, -0.2) is 4.98 Å². The largest absolute Gasteiger partial charge is 0.496 e. The third-order valence-electron chi connectivity index (χ3n) is 4.59. The SMILES string of the molecule is COc1ccccc1-c1nc(-c2cc(C)n(Cc3ccco3)c2C)cs1. The third-order valence-corrected chi connectivity index (χ3v) is 5.46. The van der Waals surface area contributed by atoms with Crippen LogP contribution in [0.15, 0.2) is 58.5 Å². The topological polar surface area (TPSA) is 40.2 Å². The molecule has 0 aliphatic carbocycles. The van der Waals surface area contributed by atoms with Crippen LogP contribution in [0.1, 0.15) is 17.1 Å². The third kappa shape index (κ3) is 2.95. The van der Waals surface area contributed by atoms with Gasteiger partial charge in [-0.1, -0.05) is 12.1 Å². The van der Waals surface area contributed by atoms with Gasteiger partial charge in [-0.3, -0.25) is 0 Å². The van der Waals surface area contributed by atoms with Gasteiger partial charge < -0.3 is 13.7 Å². The Balaban J connectivity index is 1.70. The Hall–Kier alpha value is -2.79. The van der Waals surface area contributed by atoms with Crippen molar-refractivity contribution < 1.29 is 9.15 Å². The standard InChI is InChI=1S/C21H20N2O2S/c1-14-11-18(15(2)23(14)12-16-7-6-10-25-16)19-13-26-21(22-19)17-8-4-5-9-20(17)24-3/h4-11,13H,12H2,1-3H3. The zero-order valence-corrected chi connectivity index (χ0v) is 15.8. The first-order valence-electron chi connectivity index (χ1n) is 8.45. The highest BCUT2D eigenvalue weighted by Crippen LogP contribution is 2.36. The van der Waals surface area contributed by atoms with E-state index in [-0.39, 0.29) is 0 Å². The first-order chi connectivity index (χ1) is 12.7. The van der Waals surface area contributed by atoms with Crippen LogP contribution in [0.4, 0.5) is 0 Å². The number of methoxy groups -OCH3 is 1. The second-order valence-corrected chi connectivity index (χ2v) is 7.05. The van der Waals surface area contributed by atoms with E-state index in [4.69, 9.17) is 14.1 Å². The summed E-state index contributed by atoms with van der Waals surface area (Å²) in [6, 6.07) is 14.1. The minimum absolute atomic E-state index is 0.730. The molecule has 0 amide bonds. The Labute approximate surface area is 156 Å². The zero-order valence-electron chi connectivity index (χ0n) is 15.0. The molecule has 0 unspecified atom stereocenters. The Morgan fingerprint density at radius 2 is 1.96 bits per heavy atom. The Kier molecular flexibility index (Phi) is 4.39. The number of ether oxygens (including phenoxy) is 1. The number of benzene rings is 1. The summed E-state index contributed by atoms with van der Waals surface area (Å²) >= 11 is 1.64. The van der Waals surface area contributed by atoms with Gasteiger partial charge in [0.1, 0.15) is 16.5 Å². The number of thiazole rings is 1. The Bertz CT molecular complexity index is 1030. The van der Waals surface area contributed by atoms with Crippen LogP contribution in [-0.2, 0) is 6.54 Å². The molecule has 0 aliphatic rings. The summed E-state index contributed by atoms with van der Waals surface area (Å²) < 4.78 is 13.2. The van der Waals surface area contributed by atoms with E-state index in [2.05, 4.69) is 29.9 Å². The lowest BCUT2D eigenvalue weighted by atomic mass is 10.2. The molecule has 3 aromatic heterocycles. The molecule has 1 aromatic carbocycles. The Morgan fingerprint density at radius 1 is 1.12 bits per heavy atom. The lowest BCUT2D eigenvalue weighted by Crippen LogP contribution is -2.02. The average molecular weight is 364 g/mol. The van der Waals surface area contributed by atoms with Gasteiger partial charge in [0.15, 0.2) is 0 Å². The predicted octanol–water partition coefficient (Wildman–Crippen LogP) is 5.55. The molecule has 26 heavy (non-hydrogen) atoms. The molecule has 4 aromatic rings. The molecule has 0 fully saturated rings. The van der Waals surface area contributed by atoms with Crippen molar-refractivity contribution in [3.63, 3.8) is 0 Å². The van der Waals surface area contributed by atoms with E-state index in [1.54, 1.807) is 24.7 Å². The number of aromatic nitrogens is 2. The summed E-state index contributed by atoms with van der Waals surface area (Å²) in [4.78, 5) is 4.87. The van der Waals surface area contributed by atoms with E-state index in [0.29, 0.717) is 0 Å². The van der Waals surface area contributed by atoms with Gasteiger partial charge in [-0.05, 0) is 44.2 Å². The molecule has 5 heteroatoms. The van der Waals surface area contributed by atoms with E-state index in [9.17, 15) is 0 Å². The number of rotatable bonds is 5. The molecule has 0 spiro atoms. The van der Waals surface area contributed by atoms with Crippen molar-refractivity contribution in [2.75, 3.05) is 7.11 Å². The van der Waals surface area contributed by atoms with Gasteiger partial charge in [0.05, 0.1) is 31.2 Å². The first kappa shape index (κ1) is 16.7. The normalized spacial score (nSPS) is 11.0. The molecule has 0 radical (unpaired) electrons. The molecule has 0 aliphatic heterocycles. The average Bonchev–Trinajstić information content (AvgIpc) is 3.39. The number of aryl methyl sites for hydroxylation is 1. The maximum Gasteiger partial charge on any atom is 0.129 e. The number of para-hydroxylation sites is 1. The van der Waals surface area contributed by atoms with Crippen LogP contribution < -0.4 is 4.74 Å². The van der Waals surface area contributed by atoms with Crippen LogP contribution in [0.5, 0.6) is 5.75 Å². The summed E-state index contributed by atoms with van der Waals surface area (Å²) in [5.74, 6) is 1.79. The molecule has 0 bridgehead atoms. The maximum atomic E-state index is 5.50. The molecular formula is C21H20N2O2S. The summed E-state index contributed by atoms with van der Waals surface area (Å²) in [5, 5.41) is 3.08. The van der Waals surface area contributed by atoms with Crippen LogP contribution in [0.25, 0.3) is 21.8 Å². The number of furan rings is 1. The highest BCUT2D eigenvalue weighted by atomic mass is 32.1. The molecule has 4 nitrogen and oxygen atoms in total. The smallest absolute Gasteiger partial charge is 0.129 e. The van der Waals surface area contributed by atoms with Gasteiger partial charge in [0, 0.05) is 22.3 Å². The van der Waals surface area contributed by atoms with Crippen molar-refractivity contribution in [1.29, 1.82) is 0 Å². The van der Waals surface area contributed by atoms with Crippen molar-refractivity contribution in [1.82, 2.24) is 9.55 Å². The Morgan fingerprint density at radius 3 is 2.73 bits per heavy atom. The molecule has 4 rings (SSSR count). The molecule has 0 atom stereocenters.